The molecule has 0 aliphatic rings. The molecule has 0 aromatic carbocycles. The highest BCUT2D eigenvalue weighted by atomic mass is 15.3. The Bertz CT molecular complexity index is 215. The van der Waals surface area contributed by atoms with E-state index in [9.17, 15) is 0 Å². The number of rotatable bonds is 5. The molecule has 68 valence electrons. The molecule has 0 aliphatic carbocycles. The van der Waals surface area contributed by atoms with E-state index in [0.29, 0.717) is 0 Å². The monoisotopic (exact) mass is 166 g/mol. The van der Waals surface area contributed by atoms with Crippen LogP contribution in [-0.2, 0) is 13.0 Å². The highest BCUT2D eigenvalue weighted by Crippen LogP contribution is 2.04. The van der Waals surface area contributed by atoms with E-state index in [1.807, 2.05) is 6.20 Å². The maximum atomic E-state index is 4.29. The highest BCUT2D eigenvalue weighted by Gasteiger charge is 1.99. The van der Waals surface area contributed by atoms with E-state index in [4.69, 9.17) is 0 Å². The van der Waals surface area contributed by atoms with Crippen molar-refractivity contribution in [3.05, 3.63) is 18.0 Å². The lowest BCUT2D eigenvalue weighted by Gasteiger charge is -2.04. The number of nitrogens with zero attached hydrogens (tertiary/aromatic N) is 2. The predicted molar refractivity (Wildman–Crippen MR) is 51.1 cm³/mol. The lowest BCUT2D eigenvalue weighted by atomic mass is 10.2. The second kappa shape index (κ2) is 4.96. The molecule has 0 saturated heterocycles. The highest BCUT2D eigenvalue weighted by molar-refractivity contribution is 5.00. The predicted octanol–water partition coefficient (Wildman–Crippen LogP) is 2.64. The molecule has 0 N–H and O–H groups in total. The summed E-state index contributed by atoms with van der Waals surface area (Å²) < 4.78 is 2.13. The Hall–Kier alpha value is -0.790. The maximum absolute atomic E-state index is 4.29. The zero-order valence-electron chi connectivity index (χ0n) is 8.08. The van der Waals surface area contributed by atoms with Crippen molar-refractivity contribution < 1.29 is 0 Å². The van der Waals surface area contributed by atoms with Crippen molar-refractivity contribution in [1.82, 2.24) is 9.78 Å². The Morgan fingerprint density at radius 1 is 1.33 bits per heavy atom. The largest absolute Gasteiger partial charge is 0.270 e. The van der Waals surface area contributed by atoms with Crippen LogP contribution in [0, 0.1) is 0 Å². The molecule has 1 aromatic heterocycles. The van der Waals surface area contributed by atoms with Crippen LogP contribution in [0.25, 0.3) is 0 Å². The molecule has 0 fully saturated rings. The number of hydrogen-bond donors (Lipinski definition) is 0. The van der Waals surface area contributed by atoms with E-state index in [1.165, 1.54) is 25.0 Å². The first-order chi connectivity index (χ1) is 5.88. The summed E-state index contributed by atoms with van der Waals surface area (Å²) in [5.41, 5.74) is 1.38. The number of aryl methyl sites for hydroxylation is 2. The van der Waals surface area contributed by atoms with Gasteiger partial charge in [0.15, 0.2) is 0 Å². The average molecular weight is 166 g/mol. The SMILES string of the molecule is CCCCn1nccc1CCC. The molecule has 0 spiro atoms. The third-order valence-corrected chi connectivity index (χ3v) is 2.03. The lowest BCUT2D eigenvalue weighted by molar-refractivity contribution is 0.546. The maximum Gasteiger partial charge on any atom is 0.0492 e. The summed E-state index contributed by atoms with van der Waals surface area (Å²) in [5, 5.41) is 4.29. The average Bonchev–Trinajstić information content (AvgIpc) is 2.50. The fourth-order valence-corrected chi connectivity index (χ4v) is 1.34. The summed E-state index contributed by atoms with van der Waals surface area (Å²) in [6, 6.07) is 2.12. The summed E-state index contributed by atoms with van der Waals surface area (Å²) in [6.45, 7) is 5.50. The minimum Gasteiger partial charge on any atom is -0.270 e. The topological polar surface area (TPSA) is 17.8 Å². The van der Waals surface area contributed by atoms with Crippen LogP contribution < -0.4 is 0 Å². The summed E-state index contributed by atoms with van der Waals surface area (Å²) in [4.78, 5) is 0. The standard InChI is InChI=1S/C10H18N2/c1-3-5-9-12-10(6-4-2)7-8-11-12/h7-8H,3-6,9H2,1-2H3. The molecule has 0 unspecified atom stereocenters. The van der Waals surface area contributed by atoms with Gasteiger partial charge in [0.1, 0.15) is 0 Å². The molecule has 2 heteroatoms. The van der Waals surface area contributed by atoms with Gasteiger partial charge in [-0.25, -0.2) is 0 Å². The van der Waals surface area contributed by atoms with Crippen LogP contribution in [0.15, 0.2) is 12.3 Å². The molecule has 1 heterocycles. The van der Waals surface area contributed by atoms with E-state index in [-0.39, 0.29) is 0 Å². The number of hydrogen-bond acceptors (Lipinski definition) is 1. The Labute approximate surface area is 74.6 Å². The van der Waals surface area contributed by atoms with E-state index >= 15 is 0 Å². The molecule has 0 amide bonds. The molecule has 0 atom stereocenters. The number of unbranched alkanes of at least 4 members (excludes halogenated alkanes) is 1. The van der Waals surface area contributed by atoms with Gasteiger partial charge in [0.2, 0.25) is 0 Å². The van der Waals surface area contributed by atoms with Gasteiger partial charge < -0.3 is 0 Å². The van der Waals surface area contributed by atoms with Crippen molar-refractivity contribution in [1.29, 1.82) is 0 Å². The summed E-state index contributed by atoms with van der Waals surface area (Å²) >= 11 is 0. The molecule has 0 aliphatic heterocycles. The number of aromatic nitrogens is 2. The van der Waals surface area contributed by atoms with E-state index < -0.39 is 0 Å². The Kier molecular flexibility index (Phi) is 3.85. The van der Waals surface area contributed by atoms with Gasteiger partial charge in [0.25, 0.3) is 0 Å². The molecule has 1 aromatic rings. The van der Waals surface area contributed by atoms with Gasteiger partial charge in [-0.1, -0.05) is 26.7 Å². The lowest BCUT2D eigenvalue weighted by Crippen LogP contribution is -2.04. The van der Waals surface area contributed by atoms with Crippen LogP contribution in [0.5, 0.6) is 0 Å². The van der Waals surface area contributed by atoms with E-state index in [0.717, 1.165) is 13.0 Å². The molecular formula is C10H18N2. The van der Waals surface area contributed by atoms with Crippen molar-refractivity contribution in [2.24, 2.45) is 0 Å². The van der Waals surface area contributed by atoms with Crippen LogP contribution in [0.4, 0.5) is 0 Å². The quantitative estimate of drug-likeness (QED) is 0.657. The van der Waals surface area contributed by atoms with E-state index in [1.54, 1.807) is 0 Å². The molecule has 12 heavy (non-hydrogen) atoms. The van der Waals surface area contributed by atoms with Crippen molar-refractivity contribution in [3.63, 3.8) is 0 Å². The Balaban J connectivity index is 2.51. The normalized spacial score (nSPS) is 10.5. The van der Waals surface area contributed by atoms with Crippen molar-refractivity contribution in [2.45, 2.75) is 46.1 Å². The summed E-state index contributed by atoms with van der Waals surface area (Å²) in [6.07, 6.45) is 6.74. The van der Waals surface area contributed by atoms with Crippen molar-refractivity contribution in [3.8, 4) is 0 Å². The first-order valence-corrected chi connectivity index (χ1v) is 4.89. The van der Waals surface area contributed by atoms with Gasteiger partial charge in [-0.05, 0) is 18.9 Å². The van der Waals surface area contributed by atoms with E-state index in [2.05, 4.69) is 29.7 Å². The van der Waals surface area contributed by atoms with Crippen LogP contribution in [0.1, 0.15) is 38.8 Å². The fourth-order valence-electron chi connectivity index (χ4n) is 1.34. The zero-order chi connectivity index (χ0) is 8.81. The Morgan fingerprint density at radius 3 is 2.83 bits per heavy atom. The third kappa shape index (κ3) is 2.36. The van der Waals surface area contributed by atoms with Gasteiger partial charge in [-0.15, -0.1) is 0 Å². The summed E-state index contributed by atoms with van der Waals surface area (Å²) in [5.74, 6) is 0. The molecular weight excluding hydrogens is 148 g/mol. The summed E-state index contributed by atoms with van der Waals surface area (Å²) in [7, 11) is 0. The van der Waals surface area contributed by atoms with Gasteiger partial charge in [-0.3, -0.25) is 4.68 Å². The first-order valence-electron chi connectivity index (χ1n) is 4.89. The van der Waals surface area contributed by atoms with Crippen molar-refractivity contribution >= 4 is 0 Å². The van der Waals surface area contributed by atoms with Crippen molar-refractivity contribution in [2.75, 3.05) is 0 Å². The second-order valence-corrected chi connectivity index (χ2v) is 3.15. The van der Waals surface area contributed by atoms with Gasteiger partial charge >= 0.3 is 0 Å². The second-order valence-electron chi connectivity index (χ2n) is 3.15. The molecule has 1 rings (SSSR count). The smallest absolute Gasteiger partial charge is 0.0492 e. The van der Waals surface area contributed by atoms with Crippen LogP contribution in [0.2, 0.25) is 0 Å². The molecule has 0 bridgehead atoms. The van der Waals surface area contributed by atoms with Crippen LogP contribution in [0.3, 0.4) is 0 Å². The minimum atomic E-state index is 1.08. The van der Waals surface area contributed by atoms with Crippen LogP contribution in [-0.4, -0.2) is 9.78 Å². The van der Waals surface area contributed by atoms with Gasteiger partial charge in [0, 0.05) is 18.4 Å². The van der Waals surface area contributed by atoms with Gasteiger partial charge in [0.05, 0.1) is 0 Å². The molecule has 0 radical (unpaired) electrons. The zero-order valence-corrected chi connectivity index (χ0v) is 8.08. The fraction of sp³-hybridized carbons (Fsp3) is 0.700. The first kappa shape index (κ1) is 9.30. The minimum absolute atomic E-state index is 1.08. The molecule has 0 saturated carbocycles. The Morgan fingerprint density at radius 2 is 2.17 bits per heavy atom. The third-order valence-electron chi connectivity index (χ3n) is 2.03. The van der Waals surface area contributed by atoms with Crippen LogP contribution >= 0.6 is 0 Å². The van der Waals surface area contributed by atoms with Gasteiger partial charge in [-0.2, -0.15) is 5.10 Å². The molecule has 2 nitrogen and oxygen atoms in total.